The zero-order chi connectivity index (χ0) is 20.8. The van der Waals surface area contributed by atoms with Gasteiger partial charge in [0.05, 0.1) is 6.61 Å². The lowest BCUT2D eigenvalue weighted by molar-refractivity contribution is 0.165. The lowest BCUT2D eigenvalue weighted by Crippen LogP contribution is -2.24. The Bertz CT molecular complexity index is 364. The minimum absolute atomic E-state index is 0.0183. The van der Waals surface area contributed by atoms with Crippen LogP contribution in [0.4, 0.5) is 0 Å². The first kappa shape index (κ1) is 29.0. The average Bonchev–Trinajstić information content (AvgIpc) is 2.68. The van der Waals surface area contributed by atoms with Crippen LogP contribution in [-0.4, -0.2) is 24.7 Å². The molecule has 0 aromatic carbocycles. The van der Waals surface area contributed by atoms with E-state index in [4.69, 9.17) is 15.2 Å². The summed E-state index contributed by atoms with van der Waals surface area (Å²) >= 11 is 0. The molecule has 0 aliphatic rings. The van der Waals surface area contributed by atoms with Gasteiger partial charge in [-0.3, -0.25) is 9.05 Å². The summed E-state index contributed by atoms with van der Waals surface area (Å²) in [7, 11) is -2.77. The first-order valence-corrected chi connectivity index (χ1v) is 12.4. The van der Waals surface area contributed by atoms with Crippen molar-refractivity contribution in [1.29, 1.82) is 0 Å². The van der Waals surface area contributed by atoms with Crippen LogP contribution in [0.2, 0.25) is 0 Å². The molecule has 0 radical (unpaired) electrons. The molecular formula is C21H46NO4P. The maximum absolute atomic E-state index is 11.1. The number of phosphoric acid groups is 1. The molecule has 27 heavy (non-hydrogen) atoms. The van der Waals surface area contributed by atoms with Gasteiger partial charge in [-0.1, -0.05) is 97.1 Å². The second kappa shape index (κ2) is 22.1. The summed E-state index contributed by atoms with van der Waals surface area (Å²) in [5.41, 5.74) is 5.82. The monoisotopic (exact) mass is 407 g/mol. The van der Waals surface area contributed by atoms with Crippen molar-refractivity contribution < 1.29 is 18.5 Å². The first-order chi connectivity index (χ1) is 13.0. The number of unbranched alkanes of at least 4 members (excludes halogenated alkanes) is 11. The van der Waals surface area contributed by atoms with Crippen LogP contribution in [0.25, 0.3) is 0 Å². The van der Waals surface area contributed by atoms with Crippen LogP contribution in [0.1, 0.15) is 104 Å². The summed E-state index contributed by atoms with van der Waals surface area (Å²) in [6, 6.07) is -0.288. The van der Waals surface area contributed by atoms with E-state index < -0.39 is 7.82 Å². The van der Waals surface area contributed by atoms with E-state index in [1.807, 2.05) is 19.9 Å². The van der Waals surface area contributed by atoms with Crippen LogP contribution in [0, 0.1) is 0 Å². The molecule has 0 rings (SSSR count). The minimum atomic E-state index is -3.90. The van der Waals surface area contributed by atoms with E-state index in [-0.39, 0.29) is 12.6 Å². The van der Waals surface area contributed by atoms with Crippen LogP contribution in [0.3, 0.4) is 0 Å². The summed E-state index contributed by atoms with van der Waals surface area (Å²) in [5, 5.41) is 0. The zero-order valence-corrected chi connectivity index (χ0v) is 19.2. The van der Waals surface area contributed by atoms with E-state index in [2.05, 4.69) is 17.5 Å². The molecular weight excluding hydrogens is 361 g/mol. The number of phosphoric ester groups is 1. The predicted molar refractivity (Wildman–Crippen MR) is 117 cm³/mol. The van der Waals surface area contributed by atoms with Crippen LogP contribution in [0.15, 0.2) is 12.2 Å². The van der Waals surface area contributed by atoms with Gasteiger partial charge in [0, 0.05) is 13.2 Å². The van der Waals surface area contributed by atoms with Crippen molar-refractivity contribution in [3.63, 3.8) is 0 Å². The molecule has 0 aliphatic heterocycles. The van der Waals surface area contributed by atoms with Crippen molar-refractivity contribution in [2.75, 3.05) is 13.7 Å². The molecule has 0 aliphatic carbocycles. The van der Waals surface area contributed by atoms with Gasteiger partial charge in [-0.25, -0.2) is 4.57 Å². The average molecular weight is 408 g/mol. The number of rotatable bonds is 18. The zero-order valence-electron chi connectivity index (χ0n) is 18.3. The third-order valence-electron chi connectivity index (χ3n) is 4.26. The van der Waals surface area contributed by atoms with Gasteiger partial charge in [0.1, 0.15) is 0 Å². The topological polar surface area (TPSA) is 81.8 Å². The third kappa shape index (κ3) is 23.8. The Morgan fingerprint density at radius 2 is 1.41 bits per heavy atom. The van der Waals surface area contributed by atoms with Crippen molar-refractivity contribution >= 4 is 7.82 Å². The third-order valence-corrected chi connectivity index (χ3v) is 5.20. The summed E-state index contributed by atoms with van der Waals surface area (Å²) in [6.45, 7) is 6.28. The highest BCUT2D eigenvalue weighted by Crippen LogP contribution is 2.41. The number of hydrogen-bond donors (Lipinski definition) is 2. The smallest absolute Gasteiger partial charge is 0.325 e. The van der Waals surface area contributed by atoms with Gasteiger partial charge in [0.25, 0.3) is 0 Å². The molecule has 1 unspecified atom stereocenters. The first-order valence-electron chi connectivity index (χ1n) is 11.0. The van der Waals surface area contributed by atoms with Crippen molar-refractivity contribution in [2.45, 2.75) is 110 Å². The molecule has 0 fully saturated rings. The Morgan fingerprint density at radius 1 is 0.926 bits per heavy atom. The lowest BCUT2D eigenvalue weighted by atomic mass is 10.1. The van der Waals surface area contributed by atoms with E-state index in [1.165, 1.54) is 70.6 Å². The van der Waals surface area contributed by atoms with Gasteiger partial charge in [-0.05, 0) is 19.3 Å². The largest absolute Gasteiger partial charge is 0.471 e. The fraction of sp³-hybridized carbons (Fsp3) is 0.905. The normalized spacial score (nSPS) is 14.6. The summed E-state index contributed by atoms with van der Waals surface area (Å²) in [4.78, 5) is 9.10. The molecule has 164 valence electrons. The highest BCUT2D eigenvalue weighted by molar-refractivity contribution is 7.47. The standard InChI is InChI=1S/C19H40NO4P.C2H6/c1-3-4-5-6-7-8-9-10-11-12-13-14-15-16-17-19(20)18-24-25(21,22)23-2;1-2/h15-16,19H,3-14,17-18,20H2,1-2H3,(H,21,22);1-2H3/b16-15+;/t19-;/m0./s1. The van der Waals surface area contributed by atoms with Gasteiger partial charge < -0.3 is 10.6 Å². The Morgan fingerprint density at radius 3 is 1.89 bits per heavy atom. The summed E-state index contributed by atoms with van der Waals surface area (Å²) in [6.07, 6.45) is 20.8. The van der Waals surface area contributed by atoms with Crippen molar-refractivity contribution in [3.8, 4) is 0 Å². The van der Waals surface area contributed by atoms with Crippen LogP contribution in [-0.2, 0) is 13.6 Å². The Kier molecular flexibility index (Phi) is 23.8. The van der Waals surface area contributed by atoms with Crippen molar-refractivity contribution in [2.24, 2.45) is 5.73 Å². The van der Waals surface area contributed by atoms with E-state index >= 15 is 0 Å². The Labute approximate surface area is 168 Å². The van der Waals surface area contributed by atoms with Gasteiger partial charge in [-0.15, -0.1) is 0 Å². The van der Waals surface area contributed by atoms with E-state index in [9.17, 15) is 4.57 Å². The maximum atomic E-state index is 11.1. The van der Waals surface area contributed by atoms with Gasteiger partial charge in [-0.2, -0.15) is 0 Å². The molecule has 2 atom stereocenters. The Hall–Kier alpha value is -0.190. The van der Waals surface area contributed by atoms with Gasteiger partial charge >= 0.3 is 7.82 Å². The second-order valence-corrected chi connectivity index (χ2v) is 8.30. The quantitative estimate of drug-likeness (QED) is 0.149. The maximum Gasteiger partial charge on any atom is 0.471 e. The number of hydrogen-bond acceptors (Lipinski definition) is 4. The molecule has 6 heteroatoms. The summed E-state index contributed by atoms with van der Waals surface area (Å²) in [5.74, 6) is 0. The number of allylic oxidation sites excluding steroid dienone is 1. The molecule has 0 aromatic rings. The minimum Gasteiger partial charge on any atom is -0.325 e. The SMILES string of the molecule is CC.CCCCCCCCCCCCC/C=C/C[C@H](N)COP(=O)(O)OC. The highest BCUT2D eigenvalue weighted by atomic mass is 31.2. The molecule has 0 saturated carbocycles. The Balaban J connectivity index is 0. The van der Waals surface area contributed by atoms with E-state index in [0.717, 1.165) is 13.5 Å². The van der Waals surface area contributed by atoms with Gasteiger partial charge in [0.15, 0.2) is 0 Å². The molecule has 0 amide bonds. The van der Waals surface area contributed by atoms with Crippen molar-refractivity contribution in [1.82, 2.24) is 0 Å². The molecule has 0 heterocycles. The van der Waals surface area contributed by atoms with E-state index in [0.29, 0.717) is 6.42 Å². The van der Waals surface area contributed by atoms with Gasteiger partial charge in [0.2, 0.25) is 0 Å². The highest BCUT2D eigenvalue weighted by Gasteiger charge is 2.19. The summed E-state index contributed by atoms with van der Waals surface area (Å²) < 4.78 is 20.2. The van der Waals surface area contributed by atoms with Crippen molar-refractivity contribution in [3.05, 3.63) is 12.2 Å². The molecule has 0 spiro atoms. The van der Waals surface area contributed by atoms with Crippen LogP contribution in [0.5, 0.6) is 0 Å². The predicted octanol–water partition coefficient (Wildman–Crippen LogP) is 6.75. The second-order valence-electron chi connectivity index (χ2n) is 6.74. The van der Waals surface area contributed by atoms with E-state index in [1.54, 1.807) is 0 Å². The molecule has 0 bridgehead atoms. The molecule has 3 N–H and O–H groups in total. The fourth-order valence-electron chi connectivity index (χ4n) is 2.63. The molecule has 0 aromatic heterocycles. The number of nitrogens with two attached hydrogens (primary N) is 1. The van der Waals surface area contributed by atoms with Crippen LogP contribution >= 0.6 is 7.82 Å². The lowest BCUT2D eigenvalue weighted by Gasteiger charge is -2.12. The molecule has 0 saturated heterocycles. The van der Waals surface area contributed by atoms with Crippen LogP contribution < -0.4 is 5.73 Å². The molecule has 5 nitrogen and oxygen atoms in total. The fourth-order valence-corrected chi connectivity index (χ4v) is 3.11.